The normalized spacial score (nSPS) is 11.9. The van der Waals surface area contributed by atoms with Gasteiger partial charge in [-0.05, 0) is 41.5 Å². The van der Waals surface area contributed by atoms with Gasteiger partial charge in [0.25, 0.3) is 0 Å². The lowest BCUT2D eigenvalue weighted by atomic mass is 9.96. The molecule has 0 aromatic heterocycles. The number of hydrogen-bond donors (Lipinski definition) is 2. The fourth-order valence-corrected chi connectivity index (χ4v) is 2.33. The van der Waals surface area contributed by atoms with Gasteiger partial charge in [-0.1, -0.05) is 12.1 Å². The Morgan fingerprint density at radius 3 is 2.52 bits per heavy atom. The molecule has 0 heterocycles. The Labute approximate surface area is 135 Å². The second kappa shape index (κ2) is 7.56. The fourth-order valence-electron chi connectivity index (χ4n) is 2.33. The van der Waals surface area contributed by atoms with Crippen LogP contribution in [-0.2, 0) is 6.54 Å². The molecule has 0 saturated carbocycles. The highest BCUT2D eigenvalue weighted by atomic mass is 19.1. The summed E-state index contributed by atoms with van der Waals surface area (Å²) in [7, 11) is 3.26. The minimum atomic E-state index is -0.287. The van der Waals surface area contributed by atoms with Crippen LogP contribution in [0.2, 0.25) is 0 Å². The molecular weight excluding hydrogens is 293 g/mol. The topological polar surface area (TPSA) is 73.6 Å². The maximum atomic E-state index is 13.2. The molecule has 23 heavy (non-hydrogen) atoms. The number of benzene rings is 2. The second-order valence-corrected chi connectivity index (χ2v) is 4.95. The van der Waals surface area contributed by atoms with Gasteiger partial charge in [0.2, 0.25) is 0 Å². The molecule has 2 aromatic rings. The van der Waals surface area contributed by atoms with Crippen molar-refractivity contribution in [2.24, 2.45) is 16.5 Å². The summed E-state index contributed by atoms with van der Waals surface area (Å²) >= 11 is 0. The molecule has 4 nitrogen and oxygen atoms in total. The zero-order valence-electron chi connectivity index (χ0n) is 13.2. The molecule has 0 amide bonds. The molecule has 0 fully saturated rings. The third-order valence-electron chi connectivity index (χ3n) is 3.51. The Hall–Kier alpha value is -2.66. The molecule has 0 aliphatic heterocycles. The lowest BCUT2D eigenvalue weighted by Crippen LogP contribution is -2.07. The third-order valence-corrected chi connectivity index (χ3v) is 3.51. The lowest BCUT2D eigenvalue weighted by Gasteiger charge is -2.15. The van der Waals surface area contributed by atoms with Crippen LogP contribution in [0.4, 0.5) is 4.39 Å². The standard InChI is InChI=1S/C18H20FN3O/c1-22-8-7-17(21)15-10-16(12-3-5-14(19)6-4-12)18(23-2)9-13(15)11-20/h3-10H,11,20-21H2,1-2H3/b17-7-,22-8?. The number of nitrogens with zero attached hydrogens (tertiary/aromatic N) is 1. The molecular formula is C18H20FN3O. The van der Waals surface area contributed by atoms with Crippen molar-refractivity contribution in [3.63, 3.8) is 0 Å². The molecule has 4 N–H and O–H groups in total. The van der Waals surface area contributed by atoms with Crippen LogP contribution in [-0.4, -0.2) is 20.4 Å². The smallest absolute Gasteiger partial charge is 0.127 e. The molecule has 0 aliphatic carbocycles. The van der Waals surface area contributed by atoms with Crippen molar-refractivity contribution in [2.45, 2.75) is 6.54 Å². The predicted molar refractivity (Wildman–Crippen MR) is 92.9 cm³/mol. The number of hydrogen-bond acceptors (Lipinski definition) is 4. The summed E-state index contributed by atoms with van der Waals surface area (Å²) in [6.07, 6.45) is 3.34. The third kappa shape index (κ3) is 3.76. The minimum absolute atomic E-state index is 0.287. The Morgan fingerprint density at radius 2 is 1.96 bits per heavy atom. The first-order chi connectivity index (χ1) is 11.1. The average Bonchev–Trinajstić information content (AvgIpc) is 2.59. The predicted octanol–water partition coefficient (Wildman–Crippen LogP) is 2.96. The van der Waals surface area contributed by atoms with E-state index in [1.165, 1.54) is 12.1 Å². The van der Waals surface area contributed by atoms with Crippen molar-refractivity contribution in [1.29, 1.82) is 0 Å². The molecule has 2 aromatic carbocycles. The van der Waals surface area contributed by atoms with Gasteiger partial charge in [-0.25, -0.2) is 4.39 Å². The lowest BCUT2D eigenvalue weighted by molar-refractivity contribution is 0.416. The Balaban J connectivity index is 2.64. The van der Waals surface area contributed by atoms with Crippen molar-refractivity contribution in [3.8, 4) is 16.9 Å². The van der Waals surface area contributed by atoms with Crippen LogP contribution >= 0.6 is 0 Å². The highest BCUT2D eigenvalue weighted by molar-refractivity contribution is 5.86. The van der Waals surface area contributed by atoms with Crippen molar-refractivity contribution < 1.29 is 9.13 Å². The number of rotatable bonds is 5. The molecule has 5 heteroatoms. The van der Waals surface area contributed by atoms with E-state index in [9.17, 15) is 4.39 Å². The quantitative estimate of drug-likeness (QED) is 0.833. The second-order valence-electron chi connectivity index (χ2n) is 4.95. The Bertz CT molecular complexity index is 737. The molecule has 0 spiro atoms. The molecule has 0 saturated heterocycles. The summed E-state index contributed by atoms with van der Waals surface area (Å²) in [5.41, 5.74) is 15.9. The van der Waals surface area contributed by atoms with Gasteiger partial charge < -0.3 is 16.2 Å². The fraction of sp³-hybridized carbons (Fsp3) is 0.167. The van der Waals surface area contributed by atoms with Crippen molar-refractivity contribution >= 4 is 11.9 Å². The minimum Gasteiger partial charge on any atom is -0.496 e. The van der Waals surface area contributed by atoms with Crippen LogP contribution < -0.4 is 16.2 Å². The summed E-state index contributed by atoms with van der Waals surface area (Å²) in [4.78, 5) is 3.90. The van der Waals surface area contributed by atoms with Crippen LogP contribution in [0, 0.1) is 5.82 Å². The maximum absolute atomic E-state index is 13.2. The molecule has 0 bridgehead atoms. The van der Waals surface area contributed by atoms with Gasteiger partial charge in [-0.3, -0.25) is 4.99 Å². The van der Waals surface area contributed by atoms with E-state index in [1.54, 1.807) is 38.6 Å². The van der Waals surface area contributed by atoms with Gasteiger partial charge in [0.15, 0.2) is 0 Å². The summed E-state index contributed by atoms with van der Waals surface area (Å²) < 4.78 is 18.6. The summed E-state index contributed by atoms with van der Waals surface area (Å²) in [5.74, 6) is 0.378. The Kier molecular flexibility index (Phi) is 5.49. The zero-order chi connectivity index (χ0) is 16.8. The van der Waals surface area contributed by atoms with Gasteiger partial charge in [0.05, 0.1) is 7.11 Å². The van der Waals surface area contributed by atoms with Crippen LogP contribution in [0.5, 0.6) is 5.75 Å². The number of aliphatic imine (C=N–C) groups is 1. The van der Waals surface area contributed by atoms with Crippen molar-refractivity contribution in [1.82, 2.24) is 0 Å². The number of halogens is 1. The molecule has 0 unspecified atom stereocenters. The van der Waals surface area contributed by atoms with E-state index in [1.807, 2.05) is 12.1 Å². The van der Waals surface area contributed by atoms with E-state index in [-0.39, 0.29) is 5.82 Å². The van der Waals surface area contributed by atoms with E-state index in [4.69, 9.17) is 16.2 Å². The monoisotopic (exact) mass is 313 g/mol. The van der Waals surface area contributed by atoms with Crippen LogP contribution in [0.25, 0.3) is 16.8 Å². The summed E-state index contributed by atoms with van der Waals surface area (Å²) in [5, 5.41) is 0. The van der Waals surface area contributed by atoms with Gasteiger partial charge in [-0.15, -0.1) is 0 Å². The molecule has 0 aliphatic rings. The number of methoxy groups -OCH3 is 1. The zero-order valence-corrected chi connectivity index (χ0v) is 13.2. The maximum Gasteiger partial charge on any atom is 0.127 e. The molecule has 120 valence electrons. The van der Waals surface area contributed by atoms with Crippen molar-refractivity contribution in [3.05, 3.63) is 59.4 Å². The first kappa shape index (κ1) is 16.7. The number of ether oxygens (including phenoxy) is 1. The highest BCUT2D eigenvalue weighted by Gasteiger charge is 2.13. The summed E-state index contributed by atoms with van der Waals surface area (Å²) in [6.45, 7) is 0.327. The number of nitrogens with two attached hydrogens (primary N) is 2. The van der Waals surface area contributed by atoms with E-state index >= 15 is 0 Å². The van der Waals surface area contributed by atoms with Crippen LogP contribution in [0.3, 0.4) is 0 Å². The largest absolute Gasteiger partial charge is 0.496 e. The van der Waals surface area contributed by atoms with Gasteiger partial charge >= 0.3 is 0 Å². The van der Waals surface area contributed by atoms with Gasteiger partial charge in [0, 0.05) is 36.6 Å². The molecule has 0 atom stereocenters. The highest BCUT2D eigenvalue weighted by Crippen LogP contribution is 2.34. The van der Waals surface area contributed by atoms with Crippen molar-refractivity contribution in [2.75, 3.05) is 14.2 Å². The van der Waals surface area contributed by atoms with E-state index < -0.39 is 0 Å². The van der Waals surface area contributed by atoms with E-state index in [0.29, 0.717) is 18.0 Å². The SMILES string of the molecule is CN=C/C=C(\N)c1cc(-c2ccc(F)cc2)c(OC)cc1CN. The van der Waals surface area contributed by atoms with Crippen LogP contribution in [0.1, 0.15) is 11.1 Å². The number of allylic oxidation sites excluding steroid dienone is 1. The first-order valence-corrected chi connectivity index (χ1v) is 7.16. The van der Waals surface area contributed by atoms with E-state index in [0.717, 1.165) is 22.3 Å². The van der Waals surface area contributed by atoms with Crippen LogP contribution in [0.15, 0.2) is 47.5 Å². The van der Waals surface area contributed by atoms with E-state index in [2.05, 4.69) is 4.99 Å². The molecule has 2 rings (SSSR count). The first-order valence-electron chi connectivity index (χ1n) is 7.16. The Morgan fingerprint density at radius 1 is 1.26 bits per heavy atom. The average molecular weight is 313 g/mol. The summed E-state index contributed by atoms with van der Waals surface area (Å²) in [6, 6.07) is 9.99. The molecule has 0 radical (unpaired) electrons. The van der Waals surface area contributed by atoms with Gasteiger partial charge in [0.1, 0.15) is 11.6 Å². The van der Waals surface area contributed by atoms with Gasteiger partial charge in [-0.2, -0.15) is 0 Å².